The van der Waals surface area contributed by atoms with Crippen molar-refractivity contribution in [3.8, 4) is 24.2 Å². The average Bonchev–Trinajstić information content (AvgIpc) is 2.49. The van der Waals surface area contributed by atoms with Gasteiger partial charge in [-0.15, -0.1) is 6.42 Å². The van der Waals surface area contributed by atoms with Crippen LogP contribution in [0, 0.1) is 24.2 Å². The van der Waals surface area contributed by atoms with Crippen molar-refractivity contribution in [1.82, 2.24) is 0 Å². The van der Waals surface area contributed by atoms with E-state index in [4.69, 9.17) is 22.8 Å². The molecular weight excluding hydrogens is 268 g/mol. The molecule has 2 aromatic rings. The fourth-order valence-corrected chi connectivity index (χ4v) is 1.92. The number of halogens is 1. The van der Waals surface area contributed by atoms with Crippen LogP contribution in [0.4, 0.5) is 0 Å². The maximum Gasteiger partial charge on any atom is 0.143 e. The normalized spacial score (nSPS) is 11.1. The van der Waals surface area contributed by atoms with E-state index in [1.165, 1.54) is 0 Å². The van der Waals surface area contributed by atoms with Crippen molar-refractivity contribution in [1.29, 1.82) is 0 Å². The van der Waals surface area contributed by atoms with Crippen molar-refractivity contribution >= 4 is 11.6 Å². The first kappa shape index (κ1) is 14.2. The molecule has 0 bridgehead atoms. The molecule has 0 amide bonds. The Hall–Kier alpha value is -2.19. The summed E-state index contributed by atoms with van der Waals surface area (Å²) in [6.45, 7) is 0. The lowest BCUT2D eigenvalue weighted by molar-refractivity contribution is 0.150. The molecule has 0 saturated carbocycles. The van der Waals surface area contributed by atoms with Crippen LogP contribution in [-0.4, -0.2) is 7.11 Å². The van der Waals surface area contributed by atoms with Crippen molar-refractivity contribution < 1.29 is 4.74 Å². The highest BCUT2D eigenvalue weighted by Crippen LogP contribution is 2.19. The van der Waals surface area contributed by atoms with Gasteiger partial charge in [0.2, 0.25) is 0 Å². The van der Waals surface area contributed by atoms with Gasteiger partial charge in [-0.1, -0.05) is 47.6 Å². The van der Waals surface area contributed by atoms with Crippen LogP contribution in [0.15, 0.2) is 48.5 Å². The second-order valence-electron chi connectivity index (χ2n) is 4.13. The number of rotatable bonds is 2. The first-order chi connectivity index (χ1) is 9.74. The van der Waals surface area contributed by atoms with Crippen LogP contribution in [0.5, 0.6) is 0 Å². The van der Waals surface area contributed by atoms with Gasteiger partial charge < -0.3 is 4.74 Å². The fourth-order valence-electron chi connectivity index (χ4n) is 1.80. The van der Waals surface area contributed by atoms with Gasteiger partial charge in [0.15, 0.2) is 0 Å². The predicted molar refractivity (Wildman–Crippen MR) is 82.5 cm³/mol. The molecule has 98 valence electrons. The van der Waals surface area contributed by atoms with Gasteiger partial charge in [-0.3, -0.25) is 0 Å². The Bertz CT molecular complexity index is 684. The molecule has 2 heteroatoms. The average molecular weight is 281 g/mol. The summed E-state index contributed by atoms with van der Waals surface area (Å²) < 4.78 is 5.27. The van der Waals surface area contributed by atoms with Crippen molar-refractivity contribution in [2.45, 2.75) is 6.10 Å². The Morgan fingerprint density at radius 1 is 1.05 bits per heavy atom. The minimum atomic E-state index is -0.384. The van der Waals surface area contributed by atoms with E-state index in [9.17, 15) is 0 Å². The number of hydrogen-bond acceptors (Lipinski definition) is 1. The largest absolute Gasteiger partial charge is 0.364 e. The van der Waals surface area contributed by atoms with Gasteiger partial charge in [0.25, 0.3) is 0 Å². The summed E-state index contributed by atoms with van der Waals surface area (Å²) in [4.78, 5) is 0. The minimum absolute atomic E-state index is 0.384. The van der Waals surface area contributed by atoms with E-state index in [1.807, 2.05) is 48.5 Å². The molecule has 2 aromatic carbocycles. The molecule has 2 rings (SSSR count). The SMILES string of the molecule is C#CC(OC)c1ccccc1C#Cc1ccc(Cl)cc1. The first-order valence-corrected chi connectivity index (χ1v) is 6.48. The topological polar surface area (TPSA) is 9.23 Å². The zero-order chi connectivity index (χ0) is 14.4. The summed E-state index contributed by atoms with van der Waals surface area (Å²) >= 11 is 5.85. The molecule has 0 aromatic heterocycles. The Labute approximate surface area is 124 Å². The lowest BCUT2D eigenvalue weighted by Crippen LogP contribution is -2.00. The Kier molecular flexibility index (Phi) is 4.85. The molecule has 0 aliphatic carbocycles. The lowest BCUT2D eigenvalue weighted by atomic mass is 10.0. The van der Waals surface area contributed by atoms with Crippen LogP contribution in [0.1, 0.15) is 22.8 Å². The second kappa shape index (κ2) is 6.83. The number of benzene rings is 2. The van der Waals surface area contributed by atoms with E-state index in [1.54, 1.807) is 7.11 Å². The van der Waals surface area contributed by atoms with E-state index in [2.05, 4.69) is 17.8 Å². The number of ether oxygens (including phenoxy) is 1. The zero-order valence-corrected chi connectivity index (χ0v) is 11.8. The van der Waals surface area contributed by atoms with E-state index < -0.39 is 0 Å². The molecule has 0 spiro atoms. The molecular formula is C18H13ClO. The van der Waals surface area contributed by atoms with E-state index >= 15 is 0 Å². The van der Waals surface area contributed by atoms with E-state index in [0.717, 1.165) is 16.7 Å². The smallest absolute Gasteiger partial charge is 0.143 e. The summed E-state index contributed by atoms with van der Waals surface area (Å²) in [5.74, 6) is 8.83. The predicted octanol–water partition coefficient (Wildman–Crippen LogP) is 4.06. The fraction of sp³-hybridized carbons (Fsp3) is 0.111. The van der Waals surface area contributed by atoms with Gasteiger partial charge in [0.1, 0.15) is 6.10 Å². The maximum atomic E-state index is 5.85. The van der Waals surface area contributed by atoms with Gasteiger partial charge in [-0.25, -0.2) is 0 Å². The molecule has 0 aliphatic rings. The Balaban J connectivity index is 2.35. The third-order valence-electron chi connectivity index (χ3n) is 2.82. The highest BCUT2D eigenvalue weighted by Gasteiger charge is 2.09. The monoisotopic (exact) mass is 280 g/mol. The van der Waals surface area contributed by atoms with Crippen LogP contribution < -0.4 is 0 Å². The van der Waals surface area contributed by atoms with Crippen molar-refractivity contribution in [2.75, 3.05) is 7.11 Å². The molecule has 0 radical (unpaired) electrons. The molecule has 0 fully saturated rings. The Morgan fingerprint density at radius 3 is 2.40 bits per heavy atom. The number of hydrogen-bond donors (Lipinski definition) is 0. The lowest BCUT2D eigenvalue weighted by Gasteiger charge is -2.10. The van der Waals surface area contributed by atoms with Gasteiger partial charge >= 0.3 is 0 Å². The van der Waals surface area contributed by atoms with E-state index in [0.29, 0.717) is 5.02 Å². The highest BCUT2D eigenvalue weighted by atomic mass is 35.5. The summed E-state index contributed by atoms with van der Waals surface area (Å²) in [7, 11) is 1.59. The van der Waals surface area contributed by atoms with Gasteiger partial charge in [0.05, 0.1) is 0 Å². The summed E-state index contributed by atoms with van der Waals surface area (Å²) in [6.07, 6.45) is 5.09. The number of terminal acetylenes is 1. The third-order valence-corrected chi connectivity index (χ3v) is 3.07. The standard InChI is InChI=1S/C18H13ClO/c1-3-18(20-2)17-7-5-4-6-15(17)11-8-14-9-12-16(19)13-10-14/h1,4-7,9-10,12-13,18H,2H3. The van der Waals surface area contributed by atoms with E-state index in [-0.39, 0.29) is 6.10 Å². The second-order valence-corrected chi connectivity index (χ2v) is 4.56. The zero-order valence-electron chi connectivity index (χ0n) is 11.1. The van der Waals surface area contributed by atoms with Crippen molar-refractivity contribution in [2.24, 2.45) is 0 Å². The van der Waals surface area contributed by atoms with Crippen LogP contribution in [0.25, 0.3) is 0 Å². The van der Waals surface area contributed by atoms with Crippen LogP contribution in [-0.2, 0) is 4.74 Å². The third kappa shape index (κ3) is 3.43. The van der Waals surface area contributed by atoms with Crippen LogP contribution >= 0.6 is 11.6 Å². The molecule has 20 heavy (non-hydrogen) atoms. The van der Waals surface area contributed by atoms with Crippen LogP contribution in [0.2, 0.25) is 5.02 Å². The Morgan fingerprint density at radius 2 is 1.75 bits per heavy atom. The number of methoxy groups -OCH3 is 1. The molecule has 0 N–H and O–H groups in total. The van der Waals surface area contributed by atoms with Gasteiger partial charge in [-0.2, -0.15) is 0 Å². The minimum Gasteiger partial charge on any atom is -0.364 e. The molecule has 1 nitrogen and oxygen atoms in total. The molecule has 1 unspecified atom stereocenters. The summed E-state index contributed by atoms with van der Waals surface area (Å²) in [5.41, 5.74) is 2.67. The molecule has 0 saturated heterocycles. The van der Waals surface area contributed by atoms with Gasteiger partial charge in [-0.05, 0) is 30.3 Å². The first-order valence-electron chi connectivity index (χ1n) is 6.10. The van der Waals surface area contributed by atoms with Crippen molar-refractivity contribution in [3.63, 3.8) is 0 Å². The van der Waals surface area contributed by atoms with Crippen molar-refractivity contribution in [3.05, 3.63) is 70.2 Å². The quantitative estimate of drug-likeness (QED) is 0.754. The summed E-state index contributed by atoms with van der Waals surface area (Å²) in [6, 6.07) is 15.1. The van der Waals surface area contributed by atoms with Gasteiger partial charge in [0, 0.05) is 28.8 Å². The molecule has 0 aliphatic heterocycles. The van der Waals surface area contributed by atoms with Crippen LogP contribution in [0.3, 0.4) is 0 Å². The maximum absolute atomic E-state index is 5.85. The molecule has 0 heterocycles. The molecule has 1 atom stereocenters. The highest BCUT2D eigenvalue weighted by molar-refractivity contribution is 6.30. The summed E-state index contributed by atoms with van der Waals surface area (Å²) in [5, 5.41) is 0.697.